The van der Waals surface area contributed by atoms with Crippen molar-refractivity contribution < 1.29 is 21.9 Å². The molecule has 0 radical (unpaired) electrons. The van der Waals surface area contributed by atoms with Crippen molar-refractivity contribution in [1.29, 1.82) is 0 Å². The van der Waals surface area contributed by atoms with Gasteiger partial charge in [0.15, 0.2) is 0 Å². The monoisotopic (exact) mass is 413 g/mol. The van der Waals surface area contributed by atoms with Crippen LogP contribution in [-0.2, 0) is 10.1 Å². The quantitative estimate of drug-likeness (QED) is 0.408. The van der Waals surface area contributed by atoms with Gasteiger partial charge in [-0.15, -0.1) is 0 Å². The Bertz CT molecular complexity index is 1040. The minimum absolute atomic E-state index is 0.109. The van der Waals surface area contributed by atoms with E-state index < -0.39 is 10.1 Å². The van der Waals surface area contributed by atoms with Crippen LogP contribution in [0.25, 0.3) is 0 Å². The van der Waals surface area contributed by atoms with Crippen LogP contribution >= 0.6 is 0 Å². The zero-order chi connectivity index (χ0) is 20.7. The Hall–Kier alpha value is -3.06. The minimum Gasteiger partial charge on any atom is -0.493 e. The van der Waals surface area contributed by atoms with Crippen LogP contribution in [0.15, 0.2) is 77.9 Å². The summed E-state index contributed by atoms with van der Waals surface area (Å²) in [5, 5.41) is 0. The molecular weight excluding hydrogens is 388 g/mol. The van der Waals surface area contributed by atoms with Gasteiger partial charge in [0, 0.05) is 12.5 Å². The van der Waals surface area contributed by atoms with Gasteiger partial charge in [0.25, 0.3) is 5.84 Å². The van der Waals surface area contributed by atoms with Crippen molar-refractivity contribution in [2.24, 2.45) is 5.73 Å². The third kappa shape index (κ3) is 5.96. The smallest absolute Gasteiger partial charge is 0.339 e. The molecule has 152 valence electrons. The van der Waals surface area contributed by atoms with Gasteiger partial charge in [0.1, 0.15) is 16.4 Å². The Morgan fingerprint density at radius 2 is 1.83 bits per heavy atom. The molecule has 1 aliphatic rings. The number of nitrogens with zero attached hydrogens (tertiary/aromatic N) is 1. The van der Waals surface area contributed by atoms with E-state index in [1.54, 1.807) is 30.3 Å². The van der Waals surface area contributed by atoms with Crippen molar-refractivity contribution in [2.75, 3.05) is 13.2 Å². The lowest BCUT2D eigenvalue weighted by molar-refractivity contribution is -0.459. The van der Waals surface area contributed by atoms with E-state index in [0.717, 1.165) is 30.8 Å². The molecule has 0 unspecified atom stereocenters. The van der Waals surface area contributed by atoms with E-state index in [2.05, 4.69) is 0 Å². The first-order chi connectivity index (χ1) is 13.9. The zero-order valence-electron chi connectivity index (χ0n) is 16.3. The van der Waals surface area contributed by atoms with Crippen LogP contribution in [0.3, 0.4) is 0 Å². The highest BCUT2D eigenvalue weighted by molar-refractivity contribution is 7.87. The molecule has 0 atom stereocenters. The van der Waals surface area contributed by atoms with Crippen molar-refractivity contribution in [3.8, 4) is 11.5 Å². The molecule has 1 aliphatic heterocycles. The third-order valence-corrected chi connectivity index (χ3v) is 5.54. The molecule has 1 heterocycles. The van der Waals surface area contributed by atoms with Crippen molar-refractivity contribution in [3.05, 3.63) is 78.5 Å². The summed E-state index contributed by atoms with van der Waals surface area (Å²) in [6, 6.07) is 13.2. The number of hydrogen-bond donors (Lipinski definition) is 1. The number of allylic oxidation sites excluding steroid dienone is 2. The Morgan fingerprint density at radius 3 is 2.62 bits per heavy atom. The van der Waals surface area contributed by atoms with E-state index in [1.165, 1.54) is 12.1 Å². The molecule has 2 N–H and O–H groups in total. The first-order valence-corrected chi connectivity index (χ1v) is 10.8. The molecule has 2 aromatic carbocycles. The Labute approximate surface area is 171 Å². The second-order valence-corrected chi connectivity index (χ2v) is 8.24. The number of ether oxygens (including phenoxy) is 1. The Morgan fingerprint density at radius 1 is 1.07 bits per heavy atom. The molecular formula is C22H25N2O4S+. The van der Waals surface area contributed by atoms with Gasteiger partial charge < -0.3 is 8.92 Å². The molecule has 3 rings (SSSR count). The number of amidine groups is 1. The van der Waals surface area contributed by atoms with Crippen LogP contribution in [0.5, 0.6) is 11.5 Å². The number of rotatable bonds is 8. The van der Waals surface area contributed by atoms with Gasteiger partial charge >= 0.3 is 10.1 Å². The van der Waals surface area contributed by atoms with Gasteiger partial charge in [-0.05, 0) is 42.8 Å². The fraction of sp³-hybridized carbons (Fsp3) is 0.227. The molecule has 2 aromatic rings. The summed E-state index contributed by atoms with van der Waals surface area (Å²) in [6.07, 6.45) is 9.38. The predicted molar refractivity (Wildman–Crippen MR) is 113 cm³/mol. The fourth-order valence-electron chi connectivity index (χ4n) is 2.88. The summed E-state index contributed by atoms with van der Waals surface area (Å²) in [6.45, 7) is 3.07. The first-order valence-electron chi connectivity index (χ1n) is 9.39. The van der Waals surface area contributed by atoms with Crippen LogP contribution < -0.4 is 14.7 Å². The van der Waals surface area contributed by atoms with E-state index in [4.69, 9.17) is 14.7 Å². The second-order valence-electron chi connectivity index (χ2n) is 6.69. The van der Waals surface area contributed by atoms with E-state index in [9.17, 15) is 8.42 Å². The maximum atomic E-state index is 12.4. The van der Waals surface area contributed by atoms with Gasteiger partial charge in [0.05, 0.1) is 25.8 Å². The van der Waals surface area contributed by atoms with Crippen molar-refractivity contribution >= 4 is 16.0 Å². The normalized spacial score (nSPS) is 14.0. The largest absolute Gasteiger partial charge is 0.493 e. The van der Waals surface area contributed by atoms with E-state index in [1.807, 2.05) is 42.0 Å². The third-order valence-electron chi connectivity index (χ3n) is 4.28. The van der Waals surface area contributed by atoms with Crippen LogP contribution in [0, 0.1) is 6.92 Å². The summed E-state index contributed by atoms with van der Waals surface area (Å²) in [5.41, 5.74) is 6.89. The lowest BCUT2D eigenvalue weighted by Gasteiger charge is -2.11. The Balaban J connectivity index is 1.61. The zero-order valence-corrected chi connectivity index (χ0v) is 17.1. The van der Waals surface area contributed by atoms with Crippen LogP contribution in [-0.4, -0.2) is 32.0 Å². The molecule has 0 aliphatic carbocycles. The lowest BCUT2D eigenvalue weighted by atomic mass is 10.2. The molecule has 0 bridgehead atoms. The highest BCUT2D eigenvalue weighted by atomic mass is 32.2. The lowest BCUT2D eigenvalue weighted by Crippen LogP contribution is -2.25. The molecule has 7 heteroatoms. The van der Waals surface area contributed by atoms with Crippen molar-refractivity contribution in [3.63, 3.8) is 0 Å². The maximum absolute atomic E-state index is 12.4. The Kier molecular flexibility index (Phi) is 6.72. The van der Waals surface area contributed by atoms with E-state index in [0.29, 0.717) is 12.4 Å². The highest BCUT2D eigenvalue weighted by Gasteiger charge is 2.17. The molecule has 29 heavy (non-hydrogen) atoms. The molecule has 6 nitrogen and oxygen atoms in total. The van der Waals surface area contributed by atoms with Gasteiger partial charge in [-0.2, -0.15) is 8.42 Å². The average Bonchev–Trinajstić information content (AvgIpc) is 2.89. The van der Waals surface area contributed by atoms with Crippen molar-refractivity contribution in [1.82, 2.24) is 0 Å². The topological polar surface area (TPSA) is 81.6 Å². The summed E-state index contributed by atoms with van der Waals surface area (Å²) < 4.78 is 37.9. The van der Waals surface area contributed by atoms with Crippen LogP contribution in [0.4, 0.5) is 0 Å². The average molecular weight is 414 g/mol. The molecule has 0 saturated heterocycles. The number of hydrogen-bond acceptors (Lipinski definition) is 5. The van der Waals surface area contributed by atoms with Gasteiger partial charge in [-0.1, -0.05) is 30.4 Å². The number of aryl methyl sites for hydroxylation is 1. The van der Waals surface area contributed by atoms with Gasteiger partial charge in [-0.3, -0.25) is 5.73 Å². The fourth-order valence-corrected chi connectivity index (χ4v) is 3.82. The maximum Gasteiger partial charge on any atom is 0.339 e. The predicted octanol–water partition coefficient (Wildman–Crippen LogP) is 3.37. The van der Waals surface area contributed by atoms with E-state index >= 15 is 0 Å². The number of nitrogens with two attached hydrogens (primary N) is 1. The SMILES string of the molecule is Cc1cc(OCCC[N+]2=C(N)CC=CC=C2)cc(OS(=O)(=O)c2ccccc2)c1. The van der Waals surface area contributed by atoms with Gasteiger partial charge in [0.2, 0.25) is 0 Å². The summed E-state index contributed by atoms with van der Waals surface area (Å²) in [5.74, 6) is 1.59. The summed E-state index contributed by atoms with van der Waals surface area (Å²) >= 11 is 0. The highest BCUT2D eigenvalue weighted by Crippen LogP contribution is 2.25. The van der Waals surface area contributed by atoms with Crippen molar-refractivity contribution in [2.45, 2.75) is 24.7 Å². The molecule has 0 saturated carbocycles. The first kappa shape index (κ1) is 20.7. The molecule has 0 aromatic heterocycles. The summed E-state index contributed by atoms with van der Waals surface area (Å²) in [4.78, 5) is 0.109. The molecule has 0 amide bonds. The van der Waals surface area contributed by atoms with Gasteiger partial charge in [-0.25, -0.2) is 4.58 Å². The van der Waals surface area contributed by atoms with Crippen LogP contribution in [0.2, 0.25) is 0 Å². The second kappa shape index (κ2) is 9.43. The molecule has 0 spiro atoms. The summed E-state index contributed by atoms with van der Waals surface area (Å²) in [7, 11) is -3.89. The molecule has 0 fully saturated rings. The number of benzene rings is 2. The standard InChI is InChI=1S/C22H24N2O4S/c1-18-15-19(27-14-8-13-24-12-7-3-6-11-22(24)23)17-20(16-18)28-29(25,26)21-9-4-2-5-10-21/h2-7,9-10,12,15-17,23H,8,11,13-14H2,1H3/p+1. The van der Waals surface area contributed by atoms with Crippen LogP contribution in [0.1, 0.15) is 18.4 Å². The van der Waals surface area contributed by atoms with E-state index in [-0.39, 0.29) is 10.6 Å². The minimum atomic E-state index is -3.89.